The van der Waals surface area contributed by atoms with Crippen molar-refractivity contribution < 1.29 is 23.8 Å². The first kappa shape index (κ1) is 13.0. The van der Waals surface area contributed by atoms with Crippen molar-refractivity contribution in [1.82, 2.24) is 4.98 Å². The molecule has 0 fully saturated rings. The number of hydrogen-bond acceptors (Lipinski definition) is 6. The van der Waals surface area contributed by atoms with Crippen LogP contribution in [0.3, 0.4) is 0 Å². The van der Waals surface area contributed by atoms with Crippen LogP contribution in [0.15, 0.2) is 18.3 Å². The van der Waals surface area contributed by atoms with E-state index in [2.05, 4.69) is 9.72 Å². The van der Waals surface area contributed by atoms with Crippen LogP contribution in [0.1, 0.15) is 13.3 Å². The van der Waals surface area contributed by atoms with E-state index in [1.165, 1.54) is 20.2 Å². The highest BCUT2D eigenvalue weighted by Crippen LogP contribution is 2.23. The van der Waals surface area contributed by atoms with E-state index in [-0.39, 0.29) is 30.6 Å². The predicted octanol–water partition coefficient (Wildman–Crippen LogP) is 0.949. The molecule has 1 aromatic heterocycles. The first-order valence-electron chi connectivity index (χ1n) is 4.96. The third kappa shape index (κ3) is 4.50. The van der Waals surface area contributed by atoms with Crippen molar-refractivity contribution in [3.63, 3.8) is 0 Å². The molecule has 0 aromatic carbocycles. The third-order valence-corrected chi connectivity index (χ3v) is 1.76. The van der Waals surface area contributed by atoms with Crippen molar-refractivity contribution in [2.45, 2.75) is 13.3 Å². The number of methoxy groups -OCH3 is 1. The quantitative estimate of drug-likeness (QED) is 0.712. The number of carbonyl (C=O) groups is 2. The van der Waals surface area contributed by atoms with Gasteiger partial charge in [-0.15, -0.1) is 0 Å². The van der Waals surface area contributed by atoms with Crippen LogP contribution in [-0.4, -0.2) is 30.6 Å². The van der Waals surface area contributed by atoms with Gasteiger partial charge in [0.25, 0.3) is 5.88 Å². The number of hydrogen-bond donors (Lipinski definition) is 0. The first-order chi connectivity index (χ1) is 8.13. The van der Waals surface area contributed by atoms with Crippen molar-refractivity contribution in [2.75, 3.05) is 13.7 Å². The summed E-state index contributed by atoms with van der Waals surface area (Å²) in [4.78, 5) is 25.6. The van der Waals surface area contributed by atoms with Gasteiger partial charge in [0.2, 0.25) is 0 Å². The molecule has 0 N–H and O–H groups in total. The lowest BCUT2D eigenvalue weighted by molar-refractivity contribution is -0.141. The number of esters is 2. The van der Waals surface area contributed by atoms with Crippen LogP contribution < -0.4 is 9.47 Å². The van der Waals surface area contributed by atoms with E-state index in [0.717, 1.165) is 0 Å². The highest BCUT2D eigenvalue weighted by molar-refractivity contribution is 5.70. The van der Waals surface area contributed by atoms with E-state index in [9.17, 15) is 9.59 Å². The number of carbonyl (C=O) groups excluding carboxylic acids is 2. The summed E-state index contributed by atoms with van der Waals surface area (Å²) >= 11 is 0. The molecule has 0 amide bonds. The van der Waals surface area contributed by atoms with Crippen LogP contribution in [0.5, 0.6) is 11.6 Å². The smallest absolute Gasteiger partial charge is 0.308 e. The summed E-state index contributed by atoms with van der Waals surface area (Å²) in [5, 5.41) is 0. The van der Waals surface area contributed by atoms with Gasteiger partial charge >= 0.3 is 11.9 Å². The van der Waals surface area contributed by atoms with E-state index in [1.807, 2.05) is 0 Å². The highest BCUT2D eigenvalue weighted by Gasteiger charge is 2.09. The monoisotopic (exact) mass is 239 g/mol. The second kappa shape index (κ2) is 6.47. The number of nitrogens with zero attached hydrogens (tertiary/aromatic N) is 1. The lowest BCUT2D eigenvalue weighted by Gasteiger charge is -2.08. The minimum atomic E-state index is -0.462. The molecule has 92 valence electrons. The van der Waals surface area contributed by atoms with Gasteiger partial charge in [-0.05, 0) is 12.1 Å². The lowest BCUT2D eigenvalue weighted by atomic mass is 10.4. The fourth-order valence-corrected chi connectivity index (χ4v) is 1.05. The van der Waals surface area contributed by atoms with E-state index < -0.39 is 5.97 Å². The van der Waals surface area contributed by atoms with Crippen molar-refractivity contribution >= 4 is 11.9 Å². The van der Waals surface area contributed by atoms with Crippen LogP contribution >= 0.6 is 0 Å². The van der Waals surface area contributed by atoms with E-state index >= 15 is 0 Å². The molecular weight excluding hydrogens is 226 g/mol. The Morgan fingerprint density at radius 3 is 2.82 bits per heavy atom. The SMILES string of the molecule is COC(=O)CCOc1ncccc1OC(C)=O. The molecule has 0 atom stereocenters. The Balaban J connectivity index is 2.57. The minimum Gasteiger partial charge on any atom is -0.474 e. The van der Waals surface area contributed by atoms with E-state index in [1.54, 1.807) is 12.1 Å². The van der Waals surface area contributed by atoms with Gasteiger partial charge in [0.15, 0.2) is 5.75 Å². The van der Waals surface area contributed by atoms with Crippen LogP contribution in [0.25, 0.3) is 0 Å². The average molecular weight is 239 g/mol. The fourth-order valence-electron chi connectivity index (χ4n) is 1.05. The summed E-state index contributed by atoms with van der Waals surface area (Å²) in [7, 11) is 1.30. The number of rotatable bonds is 5. The molecule has 0 aliphatic heterocycles. The van der Waals surface area contributed by atoms with Gasteiger partial charge < -0.3 is 14.2 Å². The number of aromatic nitrogens is 1. The molecule has 0 saturated heterocycles. The summed E-state index contributed by atoms with van der Waals surface area (Å²) in [5.41, 5.74) is 0. The van der Waals surface area contributed by atoms with Gasteiger partial charge in [-0.25, -0.2) is 4.98 Å². The molecule has 0 saturated carbocycles. The van der Waals surface area contributed by atoms with Crippen LogP contribution in [0.4, 0.5) is 0 Å². The number of pyridine rings is 1. The Morgan fingerprint density at radius 2 is 2.18 bits per heavy atom. The maximum absolute atomic E-state index is 10.9. The molecule has 1 heterocycles. The molecule has 1 rings (SSSR count). The maximum Gasteiger partial charge on any atom is 0.308 e. The molecule has 0 spiro atoms. The van der Waals surface area contributed by atoms with Gasteiger partial charge in [0.05, 0.1) is 13.5 Å². The normalized spacial score (nSPS) is 9.53. The Kier molecular flexibility index (Phi) is 4.93. The Bertz CT molecular complexity index is 405. The molecule has 0 unspecified atom stereocenters. The van der Waals surface area contributed by atoms with Gasteiger partial charge in [-0.1, -0.05) is 0 Å². The molecule has 0 aliphatic carbocycles. The fraction of sp³-hybridized carbons (Fsp3) is 0.364. The second-order valence-corrected chi connectivity index (χ2v) is 3.07. The molecular formula is C11H13NO5. The summed E-state index contributed by atoms with van der Waals surface area (Å²) in [6.07, 6.45) is 1.60. The van der Waals surface area contributed by atoms with E-state index in [4.69, 9.17) is 9.47 Å². The predicted molar refractivity (Wildman–Crippen MR) is 57.7 cm³/mol. The molecule has 1 aromatic rings. The summed E-state index contributed by atoms with van der Waals surface area (Å²) in [6.45, 7) is 1.39. The minimum absolute atomic E-state index is 0.104. The summed E-state index contributed by atoms with van der Waals surface area (Å²) in [5.74, 6) is -0.442. The van der Waals surface area contributed by atoms with Crippen molar-refractivity contribution in [1.29, 1.82) is 0 Å². The molecule has 6 nitrogen and oxygen atoms in total. The largest absolute Gasteiger partial charge is 0.474 e. The molecule has 6 heteroatoms. The van der Waals surface area contributed by atoms with Crippen LogP contribution in [0, 0.1) is 0 Å². The topological polar surface area (TPSA) is 74.7 Å². The molecule has 0 radical (unpaired) electrons. The van der Waals surface area contributed by atoms with Crippen molar-refractivity contribution in [3.05, 3.63) is 18.3 Å². The maximum atomic E-state index is 10.9. The van der Waals surface area contributed by atoms with Gasteiger partial charge in [-0.2, -0.15) is 0 Å². The Morgan fingerprint density at radius 1 is 1.41 bits per heavy atom. The van der Waals surface area contributed by atoms with Crippen LogP contribution in [0.2, 0.25) is 0 Å². The highest BCUT2D eigenvalue weighted by atomic mass is 16.6. The molecule has 0 aliphatic rings. The summed E-state index contributed by atoms with van der Waals surface area (Å²) < 4.78 is 14.6. The average Bonchev–Trinajstić information content (AvgIpc) is 2.30. The van der Waals surface area contributed by atoms with E-state index in [0.29, 0.717) is 0 Å². The standard InChI is InChI=1S/C11H13NO5/c1-8(13)17-9-4-3-6-12-11(9)16-7-5-10(14)15-2/h3-4,6H,5,7H2,1-2H3. The second-order valence-electron chi connectivity index (χ2n) is 3.07. The number of ether oxygens (including phenoxy) is 3. The summed E-state index contributed by atoms with van der Waals surface area (Å²) in [6, 6.07) is 3.17. The zero-order valence-electron chi connectivity index (χ0n) is 9.63. The zero-order valence-corrected chi connectivity index (χ0v) is 9.63. The third-order valence-electron chi connectivity index (χ3n) is 1.76. The van der Waals surface area contributed by atoms with Gasteiger partial charge in [0.1, 0.15) is 6.61 Å². The zero-order chi connectivity index (χ0) is 12.7. The first-order valence-corrected chi connectivity index (χ1v) is 4.96. The van der Waals surface area contributed by atoms with Crippen molar-refractivity contribution in [2.24, 2.45) is 0 Å². The Labute approximate surface area is 98.5 Å². The lowest BCUT2D eigenvalue weighted by Crippen LogP contribution is -2.10. The van der Waals surface area contributed by atoms with Gasteiger partial charge in [-0.3, -0.25) is 9.59 Å². The van der Waals surface area contributed by atoms with Crippen LogP contribution in [-0.2, 0) is 14.3 Å². The molecule has 17 heavy (non-hydrogen) atoms. The molecule has 0 bridgehead atoms. The van der Waals surface area contributed by atoms with Gasteiger partial charge in [0, 0.05) is 13.1 Å². The Hall–Kier alpha value is -2.11. The van der Waals surface area contributed by atoms with Crippen molar-refractivity contribution in [3.8, 4) is 11.6 Å².